The summed E-state index contributed by atoms with van der Waals surface area (Å²) in [6.45, 7) is 0.234. The highest BCUT2D eigenvalue weighted by molar-refractivity contribution is 5.73. The van der Waals surface area contributed by atoms with Gasteiger partial charge in [-0.05, 0) is 18.6 Å². The number of carbonyl (C=O) groups excluding carboxylic acids is 1. The van der Waals surface area contributed by atoms with E-state index in [0.29, 0.717) is 12.5 Å². The minimum atomic E-state index is -4.81. The van der Waals surface area contributed by atoms with E-state index < -0.39 is 28.3 Å². The Morgan fingerprint density at radius 1 is 1.40 bits per heavy atom. The molecule has 0 spiro atoms. The van der Waals surface area contributed by atoms with Crippen molar-refractivity contribution in [1.82, 2.24) is 0 Å². The van der Waals surface area contributed by atoms with Crippen LogP contribution in [0.4, 0.5) is 24.5 Å². The summed E-state index contributed by atoms with van der Waals surface area (Å²) in [5.41, 5.74) is 2.69. The van der Waals surface area contributed by atoms with Crippen LogP contribution in [-0.2, 0) is 11.0 Å². The van der Waals surface area contributed by atoms with Crippen LogP contribution in [0, 0.1) is 10.1 Å². The second-order valence-corrected chi connectivity index (χ2v) is 3.98. The van der Waals surface area contributed by atoms with Crippen LogP contribution in [0.25, 0.3) is 0 Å². The topological polar surface area (TPSA) is 98.3 Å². The second kappa shape index (κ2) is 6.22. The first-order valence-corrected chi connectivity index (χ1v) is 5.59. The number of nitrogens with one attached hydrogen (secondary N) is 1. The largest absolute Gasteiger partial charge is 0.423 e. The van der Waals surface area contributed by atoms with E-state index in [-0.39, 0.29) is 18.7 Å². The van der Waals surface area contributed by atoms with Gasteiger partial charge in [0.2, 0.25) is 5.91 Å². The number of benzene rings is 1. The van der Waals surface area contributed by atoms with Crippen LogP contribution in [0.3, 0.4) is 0 Å². The summed E-state index contributed by atoms with van der Waals surface area (Å²) in [7, 11) is 0. The van der Waals surface area contributed by atoms with Crippen molar-refractivity contribution in [2.45, 2.75) is 19.0 Å². The van der Waals surface area contributed by atoms with Crippen LogP contribution in [0.5, 0.6) is 0 Å². The first kappa shape index (κ1) is 15.7. The molecule has 1 aromatic rings. The van der Waals surface area contributed by atoms with E-state index in [1.165, 1.54) is 6.07 Å². The number of hydrogen-bond acceptors (Lipinski definition) is 4. The molecule has 20 heavy (non-hydrogen) atoms. The molecule has 0 aliphatic carbocycles. The Balaban J connectivity index is 2.85. The van der Waals surface area contributed by atoms with Gasteiger partial charge in [-0.15, -0.1) is 0 Å². The van der Waals surface area contributed by atoms with E-state index in [9.17, 15) is 28.1 Å². The Labute approximate surface area is 111 Å². The maximum Gasteiger partial charge on any atom is 0.423 e. The SMILES string of the molecule is NC(=O)CCCNc1ccc([N+](=O)[O-])c(C(F)(F)F)c1. The summed E-state index contributed by atoms with van der Waals surface area (Å²) in [6, 6.07) is 2.64. The first-order chi connectivity index (χ1) is 9.21. The van der Waals surface area contributed by atoms with Gasteiger partial charge in [0.05, 0.1) is 4.92 Å². The summed E-state index contributed by atoms with van der Waals surface area (Å²) in [5.74, 6) is -0.508. The Morgan fingerprint density at radius 3 is 2.55 bits per heavy atom. The summed E-state index contributed by atoms with van der Waals surface area (Å²) in [5, 5.41) is 13.2. The zero-order valence-corrected chi connectivity index (χ0v) is 10.2. The van der Waals surface area contributed by atoms with E-state index >= 15 is 0 Å². The van der Waals surface area contributed by atoms with E-state index in [4.69, 9.17) is 5.73 Å². The molecule has 0 aromatic heterocycles. The number of nitro benzene ring substituents is 1. The third kappa shape index (κ3) is 4.41. The van der Waals surface area contributed by atoms with E-state index in [1.807, 2.05) is 0 Å². The average molecular weight is 291 g/mol. The number of alkyl halides is 3. The minimum absolute atomic E-state index is 0.0902. The Kier molecular flexibility index (Phi) is 4.89. The average Bonchev–Trinajstić information content (AvgIpc) is 2.33. The van der Waals surface area contributed by atoms with Gasteiger partial charge in [-0.3, -0.25) is 14.9 Å². The van der Waals surface area contributed by atoms with Gasteiger partial charge in [0.1, 0.15) is 5.56 Å². The fourth-order valence-corrected chi connectivity index (χ4v) is 1.53. The monoisotopic (exact) mass is 291 g/mol. The molecule has 0 saturated carbocycles. The van der Waals surface area contributed by atoms with Crippen molar-refractivity contribution in [2.24, 2.45) is 5.73 Å². The standard InChI is InChI=1S/C11H12F3N3O3/c12-11(13,14)8-6-7(3-4-9(8)17(19)20)16-5-1-2-10(15)18/h3-4,6,16H,1-2,5H2,(H2,15,18). The smallest absolute Gasteiger partial charge is 0.385 e. The van der Waals surface area contributed by atoms with Crippen LogP contribution >= 0.6 is 0 Å². The van der Waals surface area contributed by atoms with Crippen LogP contribution < -0.4 is 11.1 Å². The highest BCUT2D eigenvalue weighted by Gasteiger charge is 2.38. The lowest BCUT2D eigenvalue weighted by Gasteiger charge is -2.11. The quantitative estimate of drug-likeness (QED) is 0.477. The molecule has 9 heteroatoms. The van der Waals surface area contributed by atoms with Crippen molar-refractivity contribution in [1.29, 1.82) is 0 Å². The summed E-state index contributed by atoms with van der Waals surface area (Å²) in [4.78, 5) is 20.0. The van der Waals surface area contributed by atoms with Crippen molar-refractivity contribution >= 4 is 17.3 Å². The molecule has 1 rings (SSSR count). The Morgan fingerprint density at radius 2 is 2.05 bits per heavy atom. The molecule has 110 valence electrons. The highest BCUT2D eigenvalue weighted by atomic mass is 19.4. The number of nitrogens with two attached hydrogens (primary N) is 1. The van der Waals surface area contributed by atoms with E-state index in [1.54, 1.807) is 0 Å². The van der Waals surface area contributed by atoms with Crippen molar-refractivity contribution in [3.05, 3.63) is 33.9 Å². The van der Waals surface area contributed by atoms with Crippen LogP contribution in [0.1, 0.15) is 18.4 Å². The number of nitrogens with zero attached hydrogens (tertiary/aromatic N) is 1. The minimum Gasteiger partial charge on any atom is -0.385 e. The molecule has 0 heterocycles. The molecule has 6 nitrogen and oxygen atoms in total. The third-order valence-electron chi connectivity index (χ3n) is 2.43. The normalized spacial score (nSPS) is 11.2. The predicted molar refractivity (Wildman–Crippen MR) is 65.0 cm³/mol. The van der Waals surface area contributed by atoms with Gasteiger partial charge in [-0.2, -0.15) is 13.2 Å². The highest BCUT2D eigenvalue weighted by Crippen LogP contribution is 2.37. The third-order valence-corrected chi connectivity index (χ3v) is 2.43. The van der Waals surface area contributed by atoms with Gasteiger partial charge in [0.25, 0.3) is 5.69 Å². The number of amides is 1. The molecule has 0 saturated heterocycles. The second-order valence-electron chi connectivity index (χ2n) is 3.98. The molecule has 0 fully saturated rings. The molecule has 0 aliphatic rings. The van der Waals surface area contributed by atoms with Gasteiger partial charge < -0.3 is 11.1 Å². The van der Waals surface area contributed by atoms with Gasteiger partial charge in [-0.1, -0.05) is 0 Å². The van der Waals surface area contributed by atoms with Crippen LogP contribution in [0.2, 0.25) is 0 Å². The predicted octanol–water partition coefficient (Wildman–Crippen LogP) is 2.29. The lowest BCUT2D eigenvalue weighted by molar-refractivity contribution is -0.388. The fourth-order valence-electron chi connectivity index (χ4n) is 1.53. The van der Waals surface area contributed by atoms with Crippen molar-refractivity contribution in [2.75, 3.05) is 11.9 Å². The number of rotatable bonds is 6. The lowest BCUT2D eigenvalue weighted by atomic mass is 10.1. The molecular weight excluding hydrogens is 279 g/mol. The molecule has 0 aliphatic heterocycles. The lowest BCUT2D eigenvalue weighted by Crippen LogP contribution is -2.13. The van der Waals surface area contributed by atoms with Gasteiger partial charge >= 0.3 is 6.18 Å². The summed E-state index contributed by atoms with van der Waals surface area (Å²) < 4.78 is 38.1. The number of anilines is 1. The Bertz CT molecular complexity index is 517. The number of primary amides is 1. The molecule has 3 N–H and O–H groups in total. The number of halogens is 3. The molecular formula is C11H12F3N3O3. The molecule has 0 atom stereocenters. The molecule has 0 bridgehead atoms. The van der Waals surface area contributed by atoms with Crippen molar-refractivity contribution in [3.8, 4) is 0 Å². The van der Waals surface area contributed by atoms with Crippen molar-refractivity contribution in [3.63, 3.8) is 0 Å². The number of hydrogen-bond donors (Lipinski definition) is 2. The van der Waals surface area contributed by atoms with Gasteiger partial charge in [0, 0.05) is 24.7 Å². The van der Waals surface area contributed by atoms with E-state index in [0.717, 1.165) is 6.07 Å². The summed E-state index contributed by atoms with van der Waals surface area (Å²) in [6.07, 6.45) is -4.35. The van der Waals surface area contributed by atoms with Gasteiger partial charge in [0.15, 0.2) is 0 Å². The molecule has 0 radical (unpaired) electrons. The molecule has 0 unspecified atom stereocenters. The fraction of sp³-hybridized carbons (Fsp3) is 0.364. The molecule has 1 amide bonds. The zero-order valence-electron chi connectivity index (χ0n) is 10.2. The van der Waals surface area contributed by atoms with Crippen LogP contribution in [-0.4, -0.2) is 17.4 Å². The zero-order chi connectivity index (χ0) is 15.3. The summed E-state index contributed by atoms with van der Waals surface area (Å²) >= 11 is 0. The van der Waals surface area contributed by atoms with E-state index in [2.05, 4.69) is 5.32 Å². The molecule has 1 aromatic carbocycles. The van der Waals surface area contributed by atoms with Crippen molar-refractivity contribution < 1.29 is 22.9 Å². The first-order valence-electron chi connectivity index (χ1n) is 5.59. The van der Waals surface area contributed by atoms with Gasteiger partial charge in [-0.25, -0.2) is 0 Å². The maximum absolute atomic E-state index is 12.7. The Hall–Kier alpha value is -2.32. The number of nitro groups is 1. The number of carbonyl (C=O) groups is 1. The van der Waals surface area contributed by atoms with Crippen LogP contribution in [0.15, 0.2) is 18.2 Å². The maximum atomic E-state index is 12.7.